The summed E-state index contributed by atoms with van der Waals surface area (Å²) < 4.78 is 11.1. The Morgan fingerprint density at radius 1 is 1.31 bits per heavy atom. The summed E-state index contributed by atoms with van der Waals surface area (Å²) in [5, 5.41) is 6.91. The van der Waals surface area contributed by atoms with E-state index in [1.807, 2.05) is 12.1 Å². The molecule has 6 nitrogen and oxygen atoms in total. The number of hydrogen-bond acceptors (Lipinski definition) is 4. The van der Waals surface area contributed by atoms with Gasteiger partial charge < -0.3 is 19.8 Å². The van der Waals surface area contributed by atoms with Crippen LogP contribution in [0.4, 0.5) is 0 Å². The molecule has 0 spiro atoms. The van der Waals surface area contributed by atoms with E-state index in [9.17, 15) is 0 Å². The van der Waals surface area contributed by atoms with E-state index >= 15 is 0 Å². The van der Waals surface area contributed by atoms with Crippen molar-refractivity contribution in [3.8, 4) is 0 Å². The molecule has 2 aliphatic rings. The lowest BCUT2D eigenvalue weighted by Gasteiger charge is -2.22. The number of hydrogen-bond donors (Lipinski definition) is 2. The maximum atomic E-state index is 5.71. The van der Waals surface area contributed by atoms with Crippen LogP contribution in [0.2, 0.25) is 0 Å². The molecule has 1 aromatic heterocycles. The lowest BCUT2D eigenvalue weighted by Crippen LogP contribution is -2.43. The molecule has 2 N–H and O–H groups in total. The second kappa shape index (κ2) is 11.8. The number of likely N-dealkylation sites (tertiary alicyclic amines) is 1. The number of halogens is 1. The van der Waals surface area contributed by atoms with Crippen molar-refractivity contribution in [2.75, 3.05) is 39.3 Å². The van der Waals surface area contributed by atoms with Gasteiger partial charge in [-0.1, -0.05) is 6.92 Å². The zero-order valence-corrected chi connectivity index (χ0v) is 18.1. The van der Waals surface area contributed by atoms with Gasteiger partial charge in [0.25, 0.3) is 0 Å². The summed E-state index contributed by atoms with van der Waals surface area (Å²) in [6, 6.07) is 4.52. The molecule has 2 aliphatic heterocycles. The number of aliphatic imine (C=N–C) groups is 1. The molecule has 2 atom stereocenters. The number of nitrogens with one attached hydrogen (secondary N) is 2. The number of ether oxygens (including phenoxy) is 1. The van der Waals surface area contributed by atoms with Crippen molar-refractivity contribution in [3.05, 3.63) is 24.2 Å². The molecule has 148 valence electrons. The molecule has 3 heterocycles. The highest BCUT2D eigenvalue weighted by molar-refractivity contribution is 14.0. The number of nitrogens with zero attached hydrogens (tertiary/aromatic N) is 2. The van der Waals surface area contributed by atoms with E-state index in [2.05, 4.69) is 22.5 Å². The van der Waals surface area contributed by atoms with Gasteiger partial charge in [-0.05, 0) is 50.9 Å². The minimum absolute atomic E-state index is 0. The van der Waals surface area contributed by atoms with E-state index in [-0.39, 0.29) is 24.0 Å². The van der Waals surface area contributed by atoms with Crippen LogP contribution in [0.5, 0.6) is 0 Å². The molecule has 7 heteroatoms. The van der Waals surface area contributed by atoms with Crippen LogP contribution in [0.1, 0.15) is 38.4 Å². The molecule has 0 amide bonds. The fraction of sp³-hybridized carbons (Fsp3) is 0.737. The minimum atomic E-state index is 0. The zero-order chi connectivity index (χ0) is 17.3. The predicted molar refractivity (Wildman–Crippen MR) is 115 cm³/mol. The van der Waals surface area contributed by atoms with Crippen LogP contribution in [0, 0.1) is 0 Å². The molecule has 0 aromatic carbocycles. The Bertz CT molecular complexity index is 518. The fourth-order valence-corrected chi connectivity index (χ4v) is 3.66. The van der Waals surface area contributed by atoms with Crippen molar-refractivity contribution in [2.24, 2.45) is 4.99 Å². The SMILES string of the molecule is CCN1CCCC1CN=C(NCCc1ccco1)NCC1CCCO1.I. The molecule has 26 heavy (non-hydrogen) atoms. The first-order chi connectivity index (χ1) is 12.3. The number of rotatable bonds is 8. The number of likely N-dealkylation sites (N-methyl/N-ethyl adjacent to an activating group) is 1. The third-order valence-electron chi connectivity index (χ3n) is 5.13. The second-order valence-electron chi connectivity index (χ2n) is 6.89. The summed E-state index contributed by atoms with van der Waals surface area (Å²) in [4.78, 5) is 7.38. The average Bonchev–Trinajstić information content (AvgIpc) is 3.39. The van der Waals surface area contributed by atoms with Gasteiger partial charge in [0.2, 0.25) is 0 Å². The molecule has 1 aromatic rings. The van der Waals surface area contributed by atoms with Crippen LogP contribution in [0.3, 0.4) is 0 Å². The molecule has 0 aliphatic carbocycles. The summed E-state index contributed by atoms with van der Waals surface area (Å²) >= 11 is 0. The summed E-state index contributed by atoms with van der Waals surface area (Å²) in [5.74, 6) is 1.89. The van der Waals surface area contributed by atoms with E-state index < -0.39 is 0 Å². The van der Waals surface area contributed by atoms with Gasteiger partial charge in [0, 0.05) is 32.2 Å². The quantitative estimate of drug-likeness (QED) is 0.343. The Morgan fingerprint density at radius 3 is 2.96 bits per heavy atom. The maximum Gasteiger partial charge on any atom is 0.191 e. The van der Waals surface area contributed by atoms with E-state index in [0.717, 1.165) is 63.8 Å². The monoisotopic (exact) mass is 476 g/mol. The summed E-state index contributed by atoms with van der Waals surface area (Å²) in [7, 11) is 0. The van der Waals surface area contributed by atoms with Crippen molar-refractivity contribution in [1.29, 1.82) is 0 Å². The molecule has 2 fully saturated rings. The van der Waals surface area contributed by atoms with Crippen molar-refractivity contribution >= 4 is 29.9 Å². The van der Waals surface area contributed by atoms with Crippen LogP contribution in [-0.4, -0.2) is 62.3 Å². The van der Waals surface area contributed by atoms with Crippen molar-refractivity contribution in [2.45, 2.75) is 51.2 Å². The minimum Gasteiger partial charge on any atom is -0.469 e. The van der Waals surface area contributed by atoms with Crippen molar-refractivity contribution < 1.29 is 9.15 Å². The molecule has 3 rings (SSSR count). The molecule has 2 unspecified atom stereocenters. The summed E-state index contributed by atoms with van der Waals surface area (Å²) in [6.07, 6.45) is 7.74. The van der Waals surface area contributed by atoms with Crippen LogP contribution in [0.25, 0.3) is 0 Å². The predicted octanol–water partition coefficient (Wildman–Crippen LogP) is 2.64. The highest BCUT2D eigenvalue weighted by atomic mass is 127. The molecule has 0 bridgehead atoms. The standard InChI is InChI=1S/C19H32N4O2.HI/c1-2-23-11-3-6-16(23)14-21-19(22-15-18-8-5-13-25-18)20-10-9-17-7-4-12-24-17;/h4,7,12,16,18H,2-3,5-6,8-11,13-15H2,1H3,(H2,20,21,22);1H. The van der Waals surface area contributed by atoms with E-state index in [4.69, 9.17) is 14.1 Å². The Balaban J connectivity index is 0.00000243. The van der Waals surface area contributed by atoms with E-state index in [1.165, 1.54) is 19.4 Å². The topological polar surface area (TPSA) is 62.0 Å². The smallest absolute Gasteiger partial charge is 0.191 e. The van der Waals surface area contributed by atoms with Crippen molar-refractivity contribution in [3.63, 3.8) is 0 Å². The second-order valence-corrected chi connectivity index (χ2v) is 6.89. The van der Waals surface area contributed by atoms with Gasteiger partial charge in [-0.25, -0.2) is 0 Å². The lowest BCUT2D eigenvalue weighted by molar-refractivity contribution is 0.113. The first kappa shape index (κ1) is 21.5. The lowest BCUT2D eigenvalue weighted by atomic mass is 10.2. The van der Waals surface area contributed by atoms with Crippen molar-refractivity contribution in [1.82, 2.24) is 15.5 Å². The van der Waals surface area contributed by atoms with E-state index in [0.29, 0.717) is 12.1 Å². The fourth-order valence-electron chi connectivity index (χ4n) is 3.66. The third kappa shape index (κ3) is 6.74. The molecular formula is C19H33IN4O2. The largest absolute Gasteiger partial charge is 0.469 e. The average molecular weight is 476 g/mol. The molecule has 2 saturated heterocycles. The van der Waals surface area contributed by atoms with E-state index in [1.54, 1.807) is 6.26 Å². The highest BCUT2D eigenvalue weighted by Crippen LogP contribution is 2.16. The first-order valence-corrected chi connectivity index (χ1v) is 9.75. The van der Waals surface area contributed by atoms with Gasteiger partial charge in [-0.3, -0.25) is 9.89 Å². The Kier molecular flexibility index (Phi) is 9.77. The summed E-state index contributed by atoms with van der Waals surface area (Å²) in [5.41, 5.74) is 0. The Morgan fingerprint density at radius 2 is 2.23 bits per heavy atom. The normalized spacial score (nSPS) is 23.8. The zero-order valence-electron chi connectivity index (χ0n) is 15.8. The first-order valence-electron chi connectivity index (χ1n) is 9.75. The number of guanidine groups is 1. The Hall–Kier alpha value is -0.800. The molecule has 0 saturated carbocycles. The van der Waals surface area contributed by atoms with Gasteiger partial charge in [-0.15, -0.1) is 24.0 Å². The van der Waals surface area contributed by atoms with Gasteiger partial charge >= 0.3 is 0 Å². The van der Waals surface area contributed by atoms with Gasteiger partial charge in [-0.2, -0.15) is 0 Å². The van der Waals surface area contributed by atoms with Gasteiger partial charge in [0.15, 0.2) is 5.96 Å². The number of furan rings is 1. The van der Waals surface area contributed by atoms with Gasteiger partial charge in [0.05, 0.1) is 18.9 Å². The molecular weight excluding hydrogens is 443 g/mol. The highest BCUT2D eigenvalue weighted by Gasteiger charge is 2.22. The Labute approximate surface area is 174 Å². The maximum absolute atomic E-state index is 5.71. The molecule has 0 radical (unpaired) electrons. The van der Waals surface area contributed by atoms with Gasteiger partial charge in [0.1, 0.15) is 5.76 Å². The van der Waals surface area contributed by atoms with Crippen LogP contribution in [-0.2, 0) is 11.2 Å². The summed E-state index contributed by atoms with van der Waals surface area (Å²) in [6.45, 7) is 7.95. The van der Waals surface area contributed by atoms with Crippen LogP contribution < -0.4 is 10.6 Å². The van der Waals surface area contributed by atoms with Crippen LogP contribution in [0.15, 0.2) is 27.8 Å². The van der Waals surface area contributed by atoms with Crippen LogP contribution >= 0.6 is 24.0 Å². The third-order valence-corrected chi connectivity index (χ3v) is 5.13.